The maximum atomic E-state index is 12.1. The summed E-state index contributed by atoms with van der Waals surface area (Å²) in [7, 11) is 1.34. The van der Waals surface area contributed by atoms with Crippen LogP contribution in [0.15, 0.2) is 12.2 Å². The van der Waals surface area contributed by atoms with Gasteiger partial charge in [0.15, 0.2) is 5.79 Å². The highest BCUT2D eigenvalue weighted by Crippen LogP contribution is 2.49. The van der Waals surface area contributed by atoms with Gasteiger partial charge in [-0.05, 0) is 6.42 Å². The van der Waals surface area contributed by atoms with Crippen LogP contribution >= 0.6 is 0 Å². The fourth-order valence-corrected chi connectivity index (χ4v) is 3.11. The molecule has 1 spiro atoms. The molecule has 0 aromatic heterocycles. The Morgan fingerprint density at radius 3 is 2.79 bits per heavy atom. The van der Waals surface area contributed by atoms with Gasteiger partial charge < -0.3 is 18.9 Å². The Labute approximate surface area is 110 Å². The first-order valence-electron chi connectivity index (χ1n) is 6.36. The van der Waals surface area contributed by atoms with E-state index in [0.717, 1.165) is 0 Å². The van der Waals surface area contributed by atoms with Crippen molar-refractivity contribution in [1.29, 1.82) is 0 Å². The van der Waals surface area contributed by atoms with Crippen LogP contribution in [0.25, 0.3) is 0 Å². The highest BCUT2D eigenvalue weighted by atomic mass is 16.7. The highest BCUT2D eigenvalue weighted by molar-refractivity contribution is 5.89. The van der Waals surface area contributed by atoms with Gasteiger partial charge in [0, 0.05) is 18.9 Å². The van der Waals surface area contributed by atoms with Gasteiger partial charge in [0.25, 0.3) is 0 Å². The van der Waals surface area contributed by atoms with Crippen molar-refractivity contribution in [3.05, 3.63) is 12.2 Å². The largest absolute Gasteiger partial charge is 0.468 e. The molecule has 0 bridgehead atoms. The second-order valence-electron chi connectivity index (χ2n) is 5.10. The number of esters is 2. The van der Waals surface area contributed by atoms with Crippen molar-refractivity contribution in [3.8, 4) is 0 Å². The summed E-state index contributed by atoms with van der Waals surface area (Å²) in [5, 5.41) is 0. The molecular formula is C13H16O6. The minimum absolute atomic E-state index is 0.359. The van der Waals surface area contributed by atoms with Crippen LogP contribution < -0.4 is 0 Å². The van der Waals surface area contributed by atoms with E-state index in [9.17, 15) is 9.59 Å². The Morgan fingerprint density at radius 2 is 2.11 bits per heavy atom. The number of ether oxygens (including phenoxy) is 4. The smallest absolute Gasteiger partial charge is 0.330 e. The zero-order chi connectivity index (χ0) is 13.5. The molecule has 1 saturated carbocycles. The number of methoxy groups -OCH3 is 1. The normalized spacial score (nSPS) is 35.8. The van der Waals surface area contributed by atoms with Crippen LogP contribution in [0.1, 0.15) is 19.3 Å². The van der Waals surface area contributed by atoms with Gasteiger partial charge in [-0.15, -0.1) is 0 Å². The van der Waals surface area contributed by atoms with Crippen LogP contribution in [-0.2, 0) is 28.5 Å². The van der Waals surface area contributed by atoms with Crippen molar-refractivity contribution in [3.63, 3.8) is 0 Å². The third-order valence-electron chi connectivity index (χ3n) is 4.14. The molecule has 0 aromatic rings. The number of carbonyl (C=O) groups is 2. The minimum Gasteiger partial charge on any atom is -0.468 e. The van der Waals surface area contributed by atoms with E-state index < -0.39 is 23.3 Å². The average molecular weight is 268 g/mol. The molecule has 2 heterocycles. The fraction of sp³-hybridized carbons (Fsp3) is 0.692. The fourth-order valence-electron chi connectivity index (χ4n) is 3.11. The van der Waals surface area contributed by atoms with Gasteiger partial charge in [-0.25, -0.2) is 4.79 Å². The lowest BCUT2D eigenvalue weighted by atomic mass is 9.68. The van der Waals surface area contributed by atoms with Crippen molar-refractivity contribution < 1.29 is 28.5 Å². The molecule has 2 atom stereocenters. The van der Waals surface area contributed by atoms with Crippen molar-refractivity contribution in [2.75, 3.05) is 20.3 Å². The van der Waals surface area contributed by atoms with Gasteiger partial charge in [-0.3, -0.25) is 4.79 Å². The van der Waals surface area contributed by atoms with Crippen molar-refractivity contribution in [2.45, 2.75) is 31.2 Å². The zero-order valence-electron chi connectivity index (χ0n) is 10.7. The summed E-state index contributed by atoms with van der Waals surface area (Å²) in [5.74, 6) is -1.54. The van der Waals surface area contributed by atoms with Gasteiger partial charge in [-0.1, -0.05) is 6.08 Å². The topological polar surface area (TPSA) is 71.1 Å². The van der Waals surface area contributed by atoms with Gasteiger partial charge in [0.2, 0.25) is 0 Å². The van der Waals surface area contributed by atoms with Gasteiger partial charge in [0.1, 0.15) is 11.5 Å². The molecule has 104 valence electrons. The number of hydrogen-bond donors (Lipinski definition) is 0. The van der Waals surface area contributed by atoms with Gasteiger partial charge >= 0.3 is 11.9 Å². The number of hydrogen-bond acceptors (Lipinski definition) is 6. The van der Waals surface area contributed by atoms with E-state index in [1.807, 2.05) is 0 Å². The number of fused-ring (bicyclic) bond motifs is 1. The first-order chi connectivity index (χ1) is 9.10. The van der Waals surface area contributed by atoms with E-state index in [1.54, 1.807) is 6.08 Å². The standard InChI is InChI=1S/C13H16O6/c1-16-11(15)12-3-2-10(14)19-9(12)8-13(5-4-12)17-6-7-18-13/h2-3,9H,4-8H2,1H3/t9-,12-/m1/s1. The summed E-state index contributed by atoms with van der Waals surface area (Å²) >= 11 is 0. The minimum atomic E-state index is -0.900. The van der Waals surface area contributed by atoms with Crippen LogP contribution in [0.5, 0.6) is 0 Å². The maximum absolute atomic E-state index is 12.1. The average Bonchev–Trinajstić information content (AvgIpc) is 2.86. The lowest BCUT2D eigenvalue weighted by molar-refractivity contribution is -0.226. The third kappa shape index (κ3) is 1.86. The monoisotopic (exact) mass is 268 g/mol. The Bertz CT molecular complexity index is 436. The quantitative estimate of drug-likeness (QED) is 0.647. The molecular weight excluding hydrogens is 252 g/mol. The second kappa shape index (κ2) is 4.31. The Morgan fingerprint density at radius 1 is 1.37 bits per heavy atom. The second-order valence-corrected chi connectivity index (χ2v) is 5.10. The molecule has 1 saturated heterocycles. The maximum Gasteiger partial charge on any atom is 0.330 e. The molecule has 1 aliphatic carbocycles. The Hall–Kier alpha value is -1.40. The van der Waals surface area contributed by atoms with Crippen LogP contribution in [0.3, 0.4) is 0 Å². The van der Waals surface area contributed by atoms with Crippen molar-refractivity contribution >= 4 is 11.9 Å². The van der Waals surface area contributed by atoms with E-state index in [2.05, 4.69) is 0 Å². The van der Waals surface area contributed by atoms with Crippen LogP contribution in [-0.4, -0.2) is 44.2 Å². The lowest BCUT2D eigenvalue weighted by Crippen LogP contribution is -2.55. The first-order valence-corrected chi connectivity index (χ1v) is 6.36. The Balaban J connectivity index is 1.91. The van der Waals surface area contributed by atoms with E-state index in [-0.39, 0.29) is 5.97 Å². The summed E-state index contributed by atoms with van der Waals surface area (Å²) in [4.78, 5) is 23.5. The van der Waals surface area contributed by atoms with Crippen LogP contribution in [0, 0.1) is 5.41 Å². The summed E-state index contributed by atoms with van der Waals surface area (Å²) in [6.45, 7) is 1.06. The molecule has 0 aromatic carbocycles. The summed E-state index contributed by atoms with van der Waals surface area (Å²) in [5.41, 5.74) is -0.900. The molecule has 2 fully saturated rings. The molecule has 0 radical (unpaired) electrons. The predicted molar refractivity (Wildman–Crippen MR) is 62.0 cm³/mol. The zero-order valence-corrected chi connectivity index (χ0v) is 10.7. The molecule has 6 nitrogen and oxygen atoms in total. The van der Waals surface area contributed by atoms with E-state index in [4.69, 9.17) is 18.9 Å². The summed E-state index contributed by atoms with van der Waals surface area (Å²) in [6, 6.07) is 0. The molecule has 0 amide bonds. The molecule has 19 heavy (non-hydrogen) atoms. The van der Waals surface area contributed by atoms with Gasteiger partial charge in [-0.2, -0.15) is 0 Å². The summed E-state index contributed by atoms with van der Waals surface area (Å²) < 4.78 is 21.5. The van der Waals surface area contributed by atoms with Gasteiger partial charge in [0.05, 0.1) is 20.3 Å². The lowest BCUT2D eigenvalue weighted by Gasteiger charge is -2.46. The van der Waals surface area contributed by atoms with Crippen LogP contribution in [0.4, 0.5) is 0 Å². The van der Waals surface area contributed by atoms with Crippen molar-refractivity contribution in [2.24, 2.45) is 5.41 Å². The molecule has 3 aliphatic rings. The molecule has 2 aliphatic heterocycles. The van der Waals surface area contributed by atoms with E-state index >= 15 is 0 Å². The van der Waals surface area contributed by atoms with E-state index in [0.29, 0.717) is 32.5 Å². The highest BCUT2D eigenvalue weighted by Gasteiger charge is 2.58. The molecule has 0 N–H and O–H groups in total. The molecule has 3 rings (SSSR count). The summed E-state index contributed by atoms with van der Waals surface area (Å²) in [6.07, 6.45) is 3.73. The number of rotatable bonds is 1. The predicted octanol–water partition coefficient (Wildman–Crippen LogP) is 0.554. The van der Waals surface area contributed by atoms with Crippen LogP contribution in [0.2, 0.25) is 0 Å². The van der Waals surface area contributed by atoms with Crippen molar-refractivity contribution in [1.82, 2.24) is 0 Å². The molecule has 6 heteroatoms. The SMILES string of the molecule is COC(=O)[C@@]12C=CC(=O)O[C@@H]1CC1(CC2)OCCO1. The van der Waals surface area contributed by atoms with E-state index in [1.165, 1.54) is 13.2 Å². The Kier molecular flexibility index (Phi) is 2.87. The first kappa shape index (κ1) is 12.6. The molecule has 0 unspecified atom stereocenters. The number of carbonyl (C=O) groups excluding carboxylic acids is 2. The third-order valence-corrected chi connectivity index (χ3v) is 4.14.